The van der Waals surface area contributed by atoms with Crippen LogP contribution in [0.5, 0.6) is 0 Å². The molecule has 1 aliphatic rings. The third-order valence-corrected chi connectivity index (χ3v) is 3.46. The number of aliphatic hydroxyl groups is 1. The van der Waals surface area contributed by atoms with Gasteiger partial charge in [0.2, 0.25) is 0 Å². The predicted molar refractivity (Wildman–Crippen MR) is 61.2 cm³/mol. The molecule has 14 heavy (non-hydrogen) atoms. The van der Waals surface area contributed by atoms with Crippen LogP contribution < -0.4 is 0 Å². The standard InChI is InChI=1S/C13H24O/c1-3-4-5-6-7-10-13(14)11-8-9-12(13)2/h8-9,12,14H,3-7,10-11H2,1-2H3. The molecule has 0 amide bonds. The van der Waals surface area contributed by atoms with E-state index in [1.165, 1.54) is 32.1 Å². The fraction of sp³-hybridized carbons (Fsp3) is 0.846. The summed E-state index contributed by atoms with van der Waals surface area (Å²) in [4.78, 5) is 0. The second-order valence-corrected chi connectivity index (χ2v) is 4.69. The normalized spacial score (nSPS) is 31.2. The van der Waals surface area contributed by atoms with Gasteiger partial charge in [-0.25, -0.2) is 0 Å². The van der Waals surface area contributed by atoms with E-state index < -0.39 is 5.60 Å². The highest BCUT2D eigenvalue weighted by Crippen LogP contribution is 2.34. The highest BCUT2D eigenvalue weighted by Gasteiger charge is 2.33. The Bertz CT molecular complexity index is 186. The molecule has 1 rings (SSSR count). The van der Waals surface area contributed by atoms with Gasteiger partial charge in [-0.1, -0.05) is 58.1 Å². The van der Waals surface area contributed by atoms with Gasteiger partial charge in [0.1, 0.15) is 0 Å². The van der Waals surface area contributed by atoms with Crippen LogP contribution >= 0.6 is 0 Å². The molecule has 0 saturated carbocycles. The minimum atomic E-state index is -0.411. The molecule has 0 radical (unpaired) electrons. The SMILES string of the molecule is CCCCCCCC1(O)CC=CC1C. The van der Waals surface area contributed by atoms with Crippen LogP contribution in [-0.2, 0) is 0 Å². The number of rotatable bonds is 6. The minimum Gasteiger partial charge on any atom is -0.389 e. The highest BCUT2D eigenvalue weighted by atomic mass is 16.3. The summed E-state index contributed by atoms with van der Waals surface area (Å²) in [5.74, 6) is 0.355. The molecule has 2 unspecified atom stereocenters. The molecule has 0 aromatic rings. The maximum absolute atomic E-state index is 10.3. The van der Waals surface area contributed by atoms with Crippen molar-refractivity contribution in [3.05, 3.63) is 12.2 Å². The molecule has 0 fully saturated rings. The van der Waals surface area contributed by atoms with E-state index in [-0.39, 0.29) is 0 Å². The molecule has 1 aliphatic carbocycles. The third kappa shape index (κ3) is 3.13. The van der Waals surface area contributed by atoms with Gasteiger partial charge in [0.05, 0.1) is 5.60 Å². The minimum absolute atomic E-state index is 0.355. The van der Waals surface area contributed by atoms with Gasteiger partial charge in [0.15, 0.2) is 0 Å². The Morgan fingerprint density at radius 3 is 2.57 bits per heavy atom. The zero-order valence-corrected chi connectivity index (χ0v) is 9.63. The zero-order chi connectivity index (χ0) is 10.4. The summed E-state index contributed by atoms with van der Waals surface area (Å²) in [7, 11) is 0. The van der Waals surface area contributed by atoms with Gasteiger partial charge < -0.3 is 5.11 Å². The van der Waals surface area contributed by atoms with E-state index in [1.54, 1.807) is 0 Å². The van der Waals surface area contributed by atoms with Crippen molar-refractivity contribution in [1.29, 1.82) is 0 Å². The molecular formula is C13H24O. The van der Waals surface area contributed by atoms with Crippen molar-refractivity contribution in [2.24, 2.45) is 5.92 Å². The summed E-state index contributed by atoms with van der Waals surface area (Å²) in [6.45, 7) is 4.35. The average molecular weight is 196 g/mol. The number of hydrogen-bond acceptors (Lipinski definition) is 1. The van der Waals surface area contributed by atoms with Crippen LogP contribution in [0, 0.1) is 5.92 Å². The third-order valence-electron chi connectivity index (χ3n) is 3.46. The lowest BCUT2D eigenvalue weighted by atomic mass is 9.86. The van der Waals surface area contributed by atoms with Gasteiger partial charge in [-0.05, 0) is 12.8 Å². The van der Waals surface area contributed by atoms with Crippen molar-refractivity contribution < 1.29 is 5.11 Å². The molecule has 0 aromatic carbocycles. The van der Waals surface area contributed by atoms with Crippen molar-refractivity contribution >= 4 is 0 Å². The number of unbranched alkanes of at least 4 members (excludes halogenated alkanes) is 4. The molecule has 1 nitrogen and oxygen atoms in total. The highest BCUT2D eigenvalue weighted by molar-refractivity contribution is 5.08. The van der Waals surface area contributed by atoms with Gasteiger partial charge in [-0.2, -0.15) is 0 Å². The molecule has 0 bridgehead atoms. The van der Waals surface area contributed by atoms with Crippen molar-refractivity contribution in [2.45, 2.75) is 64.4 Å². The van der Waals surface area contributed by atoms with Crippen LogP contribution in [-0.4, -0.2) is 10.7 Å². The smallest absolute Gasteiger partial charge is 0.0741 e. The van der Waals surface area contributed by atoms with Gasteiger partial charge in [0.25, 0.3) is 0 Å². The van der Waals surface area contributed by atoms with Gasteiger partial charge >= 0.3 is 0 Å². The summed E-state index contributed by atoms with van der Waals surface area (Å²) in [5.41, 5.74) is -0.411. The molecular weight excluding hydrogens is 172 g/mol. The Labute approximate surface area is 88.2 Å². The van der Waals surface area contributed by atoms with E-state index in [4.69, 9.17) is 0 Å². The first kappa shape index (κ1) is 11.8. The van der Waals surface area contributed by atoms with Gasteiger partial charge in [-0.3, -0.25) is 0 Å². The Hall–Kier alpha value is -0.300. The van der Waals surface area contributed by atoms with Crippen molar-refractivity contribution in [2.75, 3.05) is 0 Å². The maximum atomic E-state index is 10.3. The van der Waals surface area contributed by atoms with Crippen LogP contribution in [0.4, 0.5) is 0 Å². The largest absolute Gasteiger partial charge is 0.389 e. The molecule has 0 heterocycles. The summed E-state index contributed by atoms with van der Waals surface area (Å²) in [5, 5.41) is 10.3. The van der Waals surface area contributed by atoms with Crippen LogP contribution in [0.3, 0.4) is 0 Å². The molecule has 1 heteroatoms. The fourth-order valence-corrected chi connectivity index (χ4v) is 2.21. The molecule has 0 spiro atoms. The molecule has 1 N–H and O–H groups in total. The molecule has 0 saturated heterocycles. The van der Waals surface area contributed by atoms with E-state index in [0.29, 0.717) is 5.92 Å². The van der Waals surface area contributed by atoms with E-state index >= 15 is 0 Å². The zero-order valence-electron chi connectivity index (χ0n) is 9.63. The first-order valence-electron chi connectivity index (χ1n) is 6.08. The molecule has 82 valence electrons. The first-order chi connectivity index (χ1) is 6.69. The summed E-state index contributed by atoms with van der Waals surface area (Å²) >= 11 is 0. The van der Waals surface area contributed by atoms with E-state index in [9.17, 15) is 5.11 Å². The van der Waals surface area contributed by atoms with Gasteiger partial charge in [-0.15, -0.1) is 0 Å². The first-order valence-corrected chi connectivity index (χ1v) is 6.08. The lowest BCUT2D eigenvalue weighted by Crippen LogP contribution is -2.31. The molecule has 2 atom stereocenters. The maximum Gasteiger partial charge on any atom is 0.0741 e. The predicted octanol–water partition coefficient (Wildman–Crippen LogP) is 3.67. The molecule has 0 aliphatic heterocycles. The Morgan fingerprint density at radius 1 is 1.29 bits per heavy atom. The number of hydrogen-bond donors (Lipinski definition) is 1. The summed E-state index contributed by atoms with van der Waals surface area (Å²) in [6.07, 6.45) is 12.5. The Kier molecular flexibility index (Phi) is 4.67. The van der Waals surface area contributed by atoms with E-state index in [2.05, 4.69) is 26.0 Å². The Morgan fingerprint density at radius 2 is 2.00 bits per heavy atom. The second-order valence-electron chi connectivity index (χ2n) is 4.69. The van der Waals surface area contributed by atoms with Crippen molar-refractivity contribution in [3.8, 4) is 0 Å². The quantitative estimate of drug-likeness (QED) is 0.507. The Balaban J connectivity index is 2.12. The second kappa shape index (κ2) is 5.55. The lowest BCUT2D eigenvalue weighted by molar-refractivity contribution is 0.00687. The van der Waals surface area contributed by atoms with Crippen LogP contribution in [0.25, 0.3) is 0 Å². The van der Waals surface area contributed by atoms with Crippen LogP contribution in [0.15, 0.2) is 12.2 Å². The fourth-order valence-electron chi connectivity index (χ4n) is 2.21. The van der Waals surface area contributed by atoms with Crippen molar-refractivity contribution in [1.82, 2.24) is 0 Å². The van der Waals surface area contributed by atoms with Crippen molar-refractivity contribution in [3.63, 3.8) is 0 Å². The van der Waals surface area contributed by atoms with Gasteiger partial charge in [0, 0.05) is 5.92 Å². The van der Waals surface area contributed by atoms with E-state index in [1.807, 2.05) is 0 Å². The average Bonchev–Trinajstić information content (AvgIpc) is 2.47. The lowest BCUT2D eigenvalue weighted by Gasteiger charge is -2.27. The monoisotopic (exact) mass is 196 g/mol. The summed E-state index contributed by atoms with van der Waals surface area (Å²) < 4.78 is 0. The topological polar surface area (TPSA) is 20.2 Å². The van der Waals surface area contributed by atoms with Crippen LogP contribution in [0.2, 0.25) is 0 Å². The van der Waals surface area contributed by atoms with E-state index in [0.717, 1.165) is 12.8 Å². The molecule has 0 aromatic heterocycles. The van der Waals surface area contributed by atoms with Crippen LogP contribution in [0.1, 0.15) is 58.8 Å². The summed E-state index contributed by atoms with van der Waals surface area (Å²) in [6, 6.07) is 0.